The lowest BCUT2D eigenvalue weighted by Crippen LogP contribution is -2.62. The number of aliphatic carboxylic acids is 1. The van der Waals surface area contributed by atoms with Gasteiger partial charge in [-0.2, -0.15) is 0 Å². The fraction of sp³-hybridized carbons (Fsp3) is 0.818. The van der Waals surface area contributed by atoms with Crippen molar-refractivity contribution in [3.05, 3.63) is 0 Å². The first kappa shape index (κ1) is 14.7. The average Bonchev–Trinajstić information content (AvgIpc) is 2.28. The summed E-state index contributed by atoms with van der Waals surface area (Å²) in [5.74, 6) is -1.00. The summed E-state index contributed by atoms with van der Waals surface area (Å²) >= 11 is 0. The zero-order valence-corrected chi connectivity index (χ0v) is 10.5. The number of aliphatic hydroxyl groups is 1. The van der Waals surface area contributed by atoms with Crippen molar-refractivity contribution in [3.63, 3.8) is 0 Å². The van der Waals surface area contributed by atoms with E-state index in [1.165, 1.54) is 12.0 Å². The predicted octanol–water partition coefficient (Wildman–Crippen LogP) is -0.356. The summed E-state index contributed by atoms with van der Waals surface area (Å²) < 4.78 is 4.87. The number of methoxy groups -OCH3 is 1. The molecule has 0 atom stereocenters. The molecule has 2 amide bonds. The van der Waals surface area contributed by atoms with E-state index >= 15 is 0 Å². The van der Waals surface area contributed by atoms with Crippen LogP contribution < -0.4 is 5.32 Å². The lowest BCUT2D eigenvalue weighted by Gasteiger charge is -2.39. The molecule has 18 heavy (non-hydrogen) atoms. The molecule has 0 saturated heterocycles. The Hall–Kier alpha value is -1.34. The van der Waals surface area contributed by atoms with Crippen LogP contribution in [-0.2, 0) is 9.53 Å². The van der Waals surface area contributed by atoms with Gasteiger partial charge >= 0.3 is 12.0 Å². The highest BCUT2D eigenvalue weighted by molar-refractivity contribution is 5.87. The number of carbonyl (C=O) groups excluding carboxylic acids is 1. The van der Waals surface area contributed by atoms with Crippen molar-refractivity contribution in [1.29, 1.82) is 0 Å². The SMILES string of the molecule is COCCN(CCO)C(=O)NC1(C(=O)O)CCC1. The molecule has 104 valence electrons. The quantitative estimate of drug-likeness (QED) is 0.581. The molecule has 0 aromatic heterocycles. The van der Waals surface area contributed by atoms with Gasteiger partial charge in [0.1, 0.15) is 5.54 Å². The van der Waals surface area contributed by atoms with E-state index < -0.39 is 17.5 Å². The number of hydrogen-bond acceptors (Lipinski definition) is 4. The molecule has 0 unspecified atom stereocenters. The molecule has 0 aromatic rings. The summed E-state index contributed by atoms with van der Waals surface area (Å²) in [5.41, 5.74) is -1.13. The van der Waals surface area contributed by atoms with Crippen molar-refractivity contribution in [1.82, 2.24) is 10.2 Å². The Morgan fingerprint density at radius 2 is 2.06 bits per heavy atom. The molecule has 7 heteroatoms. The van der Waals surface area contributed by atoms with E-state index in [-0.39, 0.29) is 13.2 Å². The molecule has 1 aliphatic carbocycles. The van der Waals surface area contributed by atoms with Crippen LogP contribution in [0.15, 0.2) is 0 Å². The molecule has 1 fully saturated rings. The minimum atomic E-state index is -1.13. The number of ether oxygens (including phenoxy) is 1. The van der Waals surface area contributed by atoms with Crippen LogP contribution >= 0.6 is 0 Å². The van der Waals surface area contributed by atoms with Gasteiger partial charge in [-0.1, -0.05) is 0 Å². The molecule has 0 aliphatic heterocycles. The van der Waals surface area contributed by atoms with Crippen LogP contribution in [0.1, 0.15) is 19.3 Å². The molecule has 0 spiro atoms. The smallest absolute Gasteiger partial charge is 0.329 e. The zero-order valence-electron chi connectivity index (χ0n) is 10.5. The molecular formula is C11H20N2O5. The Bertz CT molecular complexity index is 304. The van der Waals surface area contributed by atoms with Crippen LogP contribution in [0, 0.1) is 0 Å². The molecule has 0 heterocycles. The molecule has 0 radical (unpaired) electrons. The van der Waals surface area contributed by atoms with Crippen LogP contribution in [0.3, 0.4) is 0 Å². The van der Waals surface area contributed by atoms with Gasteiger partial charge in [0, 0.05) is 20.2 Å². The van der Waals surface area contributed by atoms with E-state index in [2.05, 4.69) is 5.32 Å². The Balaban J connectivity index is 2.57. The van der Waals surface area contributed by atoms with Crippen molar-refractivity contribution < 1.29 is 24.5 Å². The van der Waals surface area contributed by atoms with Gasteiger partial charge in [0.15, 0.2) is 0 Å². The maximum atomic E-state index is 11.9. The van der Waals surface area contributed by atoms with Gasteiger partial charge in [0.05, 0.1) is 13.2 Å². The van der Waals surface area contributed by atoms with Crippen LogP contribution in [0.4, 0.5) is 4.79 Å². The summed E-state index contributed by atoms with van der Waals surface area (Å²) in [4.78, 5) is 24.4. The van der Waals surface area contributed by atoms with Crippen LogP contribution in [0.5, 0.6) is 0 Å². The molecule has 1 saturated carbocycles. The van der Waals surface area contributed by atoms with Gasteiger partial charge in [0.25, 0.3) is 0 Å². The normalized spacial score (nSPS) is 16.8. The monoisotopic (exact) mass is 260 g/mol. The van der Waals surface area contributed by atoms with E-state index in [4.69, 9.17) is 14.9 Å². The highest BCUT2D eigenvalue weighted by atomic mass is 16.5. The summed E-state index contributed by atoms with van der Waals surface area (Å²) in [6.07, 6.45) is 1.70. The molecule has 0 bridgehead atoms. The fourth-order valence-corrected chi connectivity index (χ4v) is 1.84. The highest BCUT2D eigenvalue weighted by Gasteiger charge is 2.46. The van der Waals surface area contributed by atoms with Gasteiger partial charge in [0.2, 0.25) is 0 Å². The number of hydrogen-bond donors (Lipinski definition) is 3. The molecule has 1 aliphatic rings. The Morgan fingerprint density at radius 1 is 1.39 bits per heavy atom. The molecule has 1 rings (SSSR count). The third kappa shape index (κ3) is 3.33. The average molecular weight is 260 g/mol. The van der Waals surface area contributed by atoms with Crippen molar-refractivity contribution in [2.45, 2.75) is 24.8 Å². The minimum absolute atomic E-state index is 0.158. The summed E-state index contributed by atoms with van der Waals surface area (Å²) in [7, 11) is 1.51. The van der Waals surface area contributed by atoms with E-state index in [0.29, 0.717) is 26.0 Å². The lowest BCUT2D eigenvalue weighted by molar-refractivity contribution is -0.148. The predicted molar refractivity (Wildman–Crippen MR) is 63.3 cm³/mol. The number of carboxylic acid groups (broad SMARTS) is 1. The number of rotatable bonds is 7. The third-order valence-corrected chi connectivity index (χ3v) is 3.19. The third-order valence-electron chi connectivity index (χ3n) is 3.19. The molecule has 3 N–H and O–H groups in total. The van der Waals surface area contributed by atoms with Crippen LogP contribution in [0.25, 0.3) is 0 Å². The summed E-state index contributed by atoms with van der Waals surface area (Å²) in [6, 6.07) is -0.469. The molecule has 7 nitrogen and oxygen atoms in total. The first-order valence-electron chi connectivity index (χ1n) is 5.96. The number of carbonyl (C=O) groups is 2. The van der Waals surface area contributed by atoms with Gasteiger partial charge in [-0.15, -0.1) is 0 Å². The first-order chi connectivity index (χ1) is 8.55. The second-order valence-electron chi connectivity index (χ2n) is 4.37. The Morgan fingerprint density at radius 3 is 2.44 bits per heavy atom. The van der Waals surface area contributed by atoms with Gasteiger partial charge in [-0.25, -0.2) is 9.59 Å². The number of aliphatic hydroxyl groups excluding tert-OH is 1. The Labute approximate surface area is 106 Å². The van der Waals surface area contributed by atoms with Crippen molar-refractivity contribution >= 4 is 12.0 Å². The van der Waals surface area contributed by atoms with E-state index in [1.807, 2.05) is 0 Å². The summed E-state index contributed by atoms with van der Waals surface area (Å²) in [5, 5.41) is 20.5. The fourth-order valence-electron chi connectivity index (χ4n) is 1.84. The molecule has 0 aromatic carbocycles. The lowest BCUT2D eigenvalue weighted by atomic mass is 9.77. The number of nitrogens with zero attached hydrogens (tertiary/aromatic N) is 1. The highest BCUT2D eigenvalue weighted by Crippen LogP contribution is 2.32. The number of urea groups is 1. The maximum absolute atomic E-state index is 11.9. The van der Waals surface area contributed by atoms with E-state index in [0.717, 1.165) is 6.42 Å². The summed E-state index contributed by atoms with van der Waals surface area (Å²) in [6.45, 7) is 0.647. The second kappa shape index (κ2) is 6.55. The van der Waals surface area contributed by atoms with E-state index in [9.17, 15) is 9.59 Å². The van der Waals surface area contributed by atoms with E-state index in [1.54, 1.807) is 0 Å². The van der Waals surface area contributed by atoms with Crippen molar-refractivity contribution in [2.24, 2.45) is 0 Å². The van der Waals surface area contributed by atoms with Crippen LogP contribution in [0.2, 0.25) is 0 Å². The molecular weight excluding hydrogens is 240 g/mol. The van der Waals surface area contributed by atoms with Gasteiger partial charge in [-0.3, -0.25) is 0 Å². The first-order valence-corrected chi connectivity index (χ1v) is 5.96. The Kier molecular flexibility index (Phi) is 5.36. The topological polar surface area (TPSA) is 99.1 Å². The standard InChI is InChI=1S/C11H20N2O5/c1-18-8-6-13(5-7-14)10(17)12-11(9(15)16)3-2-4-11/h14H,2-8H2,1H3,(H,12,17)(H,15,16). The maximum Gasteiger partial charge on any atom is 0.329 e. The van der Waals surface area contributed by atoms with Crippen molar-refractivity contribution in [3.8, 4) is 0 Å². The van der Waals surface area contributed by atoms with Gasteiger partial charge < -0.3 is 25.2 Å². The number of amides is 2. The second-order valence-corrected chi connectivity index (χ2v) is 4.37. The number of carboxylic acids is 1. The zero-order chi connectivity index (χ0) is 13.6. The minimum Gasteiger partial charge on any atom is -0.480 e. The van der Waals surface area contributed by atoms with Gasteiger partial charge in [-0.05, 0) is 19.3 Å². The largest absolute Gasteiger partial charge is 0.480 e. The number of nitrogens with one attached hydrogen (secondary N) is 1. The van der Waals surface area contributed by atoms with Crippen LogP contribution in [-0.4, -0.2) is 66.1 Å². The van der Waals surface area contributed by atoms with Crippen molar-refractivity contribution in [2.75, 3.05) is 33.4 Å².